The van der Waals surface area contributed by atoms with Crippen molar-refractivity contribution in [2.75, 3.05) is 6.54 Å². The Bertz CT molecular complexity index is 509. The minimum absolute atomic E-state index is 0.161. The van der Waals surface area contributed by atoms with Crippen molar-refractivity contribution in [1.29, 1.82) is 5.41 Å². The molecule has 20 heavy (non-hydrogen) atoms. The number of piperidine rings is 1. The average molecular weight is 271 g/mol. The monoisotopic (exact) mass is 271 g/mol. The van der Waals surface area contributed by atoms with Gasteiger partial charge in [-0.3, -0.25) is 10.3 Å². The van der Waals surface area contributed by atoms with Crippen LogP contribution in [0, 0.1) is 18.3 Å². The highest BCUT2D eigenvalue weighted by atomic mass is 15.2. The first-order valence-electron chi connectivity index (χ1n) is 7.83. The molecule has 3 nitrogen and oxygen atoms in total. The summed E-state index contributed by atoms with van der Waals surface area (Å²) in [5, 5.41) is 7.52. The Morgan fingerprint density at radius 3 is 2.85 bits per heavy atom. The zero-order chi connectivity index (χ0) is 14.1. The van der Waals surface area contributed by atoms with Crippen LogP contribution in [0.5, 0.6) is 0 Å². The number of hydrogen-bond acceptors (Lipinski definition) is 2. The molecule has 3 rings (SSSR count). The predicted octanol–water partition coefficient (Wildman–Crippen LogP) is 3.04. The molecule has 3 heteroatoms. The zero-order valence-corrected chi connectivity index (χ0v) is 12.4. The molecule has 2 aliphatic rings. The number of likely N-dealkylation sites (tertiary alicyclic amines) is 1. The fourth-order valence-electron chi connectivity index (χ4n) is 4.01. The van der Waals surface area contributed by atoms with Crippen molar-refractivity contribution in [1.82, 2.24) is 4.90 Å². The molecular weight excluding hydrogens is 246 g/mol. The molecule has 1 aromatic rings. The van der Waals surface area contributed by atoms with Gasteiger partial charge in [-0.15, -0.1) is 0 Å². The van der Waals surface area contributed by atoms with Gasteiger partial charge in [-0.1, -0.05) is 18.6 Å². The number of benzene rings is 1. The van der Waals surface area contributed by atoms with Gasteiger partial charge in [0, 0.05) is 18.2 Å². The highest BCUT2D eigenvalue weighted by Crippen LogP contribution is 2.37. The van der Waals surface area contributed by atoms with Gasteiger partial charge in [-0.25, -0.2) is 0 Å². The van der Waals surface area contributed by atoms with Crippen LogP contribution in [0.15, 0.2) is 18.2 Å². The van der Waals surface area contributed by atoms with Crippen LogP contribution >= 0.6 is 0 Å². The van der Waals surface area contributed by atoms with Gasteiger partial charge in [0.15, 0.2) is 0 Å². The predicted molar refractivity (Wildman–Crippen MR) is 83.0 cm³/mol. The number of nitrogens with one attached hydrogen (secondary N) is 1. The number of nitrogen functional groups attached to an aromatic ring is 1. The normalized spacial score (nSPS) is 26.4. The standard InChI is InChI=1S/C17H25N3/c1-12-10-14(17(18)19)7-8-15(12)11-20-9-3-5-13-4-2-6-16(13)20/h7-8,10,13,16H,2-6,9,11H2,1H3,(H3,18,19). The third kappa shape index (κ3) is 2.59. The Kier molecular flexibility index (Phi) is 3.79. The first-order valence-corrected chi connectivity index (χ1v) is 7.83. The summed E-state index contributed by atoms with van der Waals surface area (Å²) >= 11 is 0. The molecule has 0 aromatic heterocycles. The maximum atomic E-state index is 7.52. The second-order valence-corrected chi connectivity index (χ2v) is 6.43. The van der Waals surface area contributed by atoms with E-state index in [0.29, 0.717) is 0 Å². The second-order valence-electron chi connectivity index (χ2n) is 6.43. The average Bonchev–Trinajstić information content (AvgIpc) is 2.90. The van der Waals surface area contributed by atoms with Crippen LogP contribution in [0.1, 0.15) is 48.8 Å². The Balaban J connectivity index is 1.75. The van der Waals surface area contributed by atoms with E-state index in [2.05, 4.69) is 17.9 Å². The van der Waals surface area contributed by atoms with Crippen molar-refractivity contribution in [3.05, 3.63) is 34.9 Å². The Hall–Kier alpha value is -1.35. The Morgan fingerprint density at radius 2 is 2.10 bits per heavy atom. The van der Waals surface area contributed by atoms with Gasteiger partial charge in [0.1, 0.15) is 5.84 Å². The lowest BCUT2D eigenvalue weighted by molar-refractivity contribution is 0.105. The molecule has 2 fully saturated rings. The van der Waals surface area contributed by atoms with E-state index in [-0.39, 0.29) is 5.84 Å². The van der Waals surface area contributed by atoms with Crippen LogP contribution in [0.4, 0.5) is 0 Å². The zero-order valence-electron chi connectivity index (χ0n) is 12.4. The Labute approximate surface area is 121 Å². The molecule has 1 aliphatic carbocycles. The number of fused-ring (bicyclic) bond motifs is 1. The fraction of sp³-hybridized carbons (Fsp3) is 0.588. The minimum Gasteiger partial charge on any atom is -0.384 e. The lowest BCUT2D eigenvalue weighted by Gasteiger charge is -2.38. The quantitative estimate of drug-likeness (QED) is 0.656. The molecule has 1 saturated carbocycles. The maximum Gasteiger partial charge on any atom is 0.122 e. The molecule has 0 amide bonds. The summed E-state index contributed by atoms with van der Waals surface area (Å²) in [6.07, 6.45) is 7.02. The SMILES string of the molecule is Cc1cc(C(=N)N)ccc1CN1CCCC2CCCC21. The summed E-state index contributed by atoms with van der Waals surface area (Å²) < 4.78 is 0. The molecule has 1 heterocycles. The van der Waals surface area contributed by atoms with Crippen molar-refractivity contribution in [2.24, 2.45) is 11.7 Å². The van der Waals surface area contributed by atoms with Crippen LogP contribution in [-0.2, 0) is 6.54 Å². The van der Waals surface area contributed by atoms with Crippen LogP contribution in [0.25, 0.3) is 0 Å². The summed E-state index contributed by atoms with van der Waals surface area (Å²) in [6.45, 7) is 4.44. The Morgan fingerprint density at radius 1 is 1.30 bits per heavy atom. The van der Waals surface area contributed by atoms with Gasteiger partial charge in [0.05, 0.1) is 0 Å². The molecule has 0 radical (unpaired) electrons. The van der Waals surface area contributed by atoms with Crippen molar-refractivity contribution in [3.8, 4) is 0 Å². The topological polar surface area (TPSA) is 53.1 Å². The van der Waals surface area contributed by atoms with Crippen LogP contribution in [0.3, 0.4) is 0 Å². The van der Waals surface area contributed by atoms with E-state index in [4.69, 9.17) is 11.1 Å². The fourth-order valence-corrected chi connectivity index (χ4v) is 4.01. The summed E-state index contributed by atoms with van der Waals surface area (Å²) in [5.74, 6) is 1.11. The first kappa shape index (κ1) is 13.6. The smallest absolute Gasteiger partial charge is 0.122 e. The first-order chi connectivity index (χ1) is 9.65. The third-order valence-electron chi connectivity index (χ3n) is 5.14. The summed E-state index contributed by atoms with van der Waals surface area (Å²) in [7, 11) is 0. The van der Waals surface area contributed by atoms with Crippen molar-refractivity contribution in [2.45, 2.75) is 51.6 Å². The van der Waals surface area contributed by atoms with Gasteiger partial charge in [0.2, 0.25) is 0 Å². The summed E-state index contributed by atoms with van der Waals surface area (Å²) in [4.78, 5) is 2.69. The van der Waals surface area contributed by atoms with Gasteiger partial charge in [-0.05, 0) is 62.3 Å². The minimum atomic E-state index is 0.161. The third-order valence-corrected chi connectivity index (χ3v) is 5.14. The van der Waals surface area contributed by atoms with Crippen LogP contribution in [0.2, 0.25) is 0 Å². The highest BCUT2D eigenvalue weighted by Gasteiger charge is 2.34. The number of rotatable bonds is 3. The van der Waals surface area contributed by atoms with Crippen molar-refractivity contribution >= 4 is 5.84 Å². The van der Waals surface area contributed by atoms with Gasteiger partial charge < -0.3 is 5.73 Å². The molecule has 2 unspecified atom stereocenters. The largest absolute Gasteiger partial charge is 0.384 e. The number of nitrogens with two attached hydrogens (primary N) is 1. The lowest BCUT2D eigenvalue weighted by Crippen LogP contribution is -2.42. The van der Waals surface area contributed by atoms with Crippen LogP contribution < -0.4 is 5.73 Å². The molecule has 1 aromatic carbocycles. The second kappa shape index (κ2) is 5.57. The van der Waals surface area contributed by atoms with Gasteiger partial charge >= 0.3 is 0 Å². The molecule has 1 aliphatic heterocycles. The number of hydrogen-bond donors (Lipinski definition) is 2. The van der Waals surface area contributed by atoms with Crippen molar-refractivity contribution < 1.29 is 0 Å². The van der Waals surface area contributed by atoms with Gasteiger partial charge in [-0.2, -0.15) is 0 Å². The molecule has 0 bridgehead atoms. The van der Waals surface area contributed by atoms with E-state index in [0.717, 1.165) is 24.1 Å². The summed E-state index contributed by atoms with van der Waals surface area (Å²) in [5.41, 5.74) is 9.05. The van der Waals surface area contributed by atoms with E-state index < -0.39 is 0 Å². The maximum absolute atomic E-state index is 7.52. The van der Waals surface area contributed by atoms with E-state index >= 15 is 0 Å². The van der Waals surface area contributed by atoms with Crippen LogP contribution in [-0.4, -0.2) is 23.3 Å². The van der Waals surface area contributed by atoms with Gasteiger partial charge in [0.25, 0.3) is 0 Å². The summed E-state index contributed by atoms with van der Waals surface area (Å²) in [6, 6.07) is 7.01. The highest BCUT2D eigenvalue weighted by molar-refractivity contribution is 5.95. The molecule has 1 saturated heterocycles. The number of aryl methyl sites for hydroxylation is 1. The van der Waals surface area contributed by atoms with E-state index in [1.807, 2.05) is 12.1 Å². The lowest BCUT2D eigenvalue weighted by atomic mass is 9.91. The molecule has 3 N–H and O–H groups in total. The molecule has 108 valence electrons. The molecule has 2 atom stereocenters. The van der Waals surface area contributed by atoms with Crippen molar-refractivity contribution in [3.63, 3.8) is 0 Å². The van der Waals surface area contributed by atoms with E-state index in [1.54, 1.807) is 0 Å². The van der Waals surface area contributed by atoms with E-state index in [1.165, 1.54) is 49.8 Å². The molecule has 0 spiro atoms. The molecular formula is C17H25N3. The number of amidine groups is 1. The number of nitrogens with zero attached hydrogens (tertiary/aromatic N) is 1. The van der Waals surface area contributed by atoms with E-state index in [9.17, 15) is 0 Å².